The maximum atomic E-state index is 11.6. The zero-order valence-electron chi connectivity index (χ0n) is 16.2. The second-order valence-electron chi connectivity index (χ2n) is 7.33. The van der Waals surface area contributed by atoms with Gasteiger partial charge in [0, 0.05) is 31.9 Å². The van der Waals surface area contributed by atoms with Gasteiger partial charge >= 0.3 is 0 Å². The molecular formula is C21H23N3O3S2. The second kappa shape index (κ2) is 7.85. The minimum absolute atomic E-state index is 0.0614. The van der Waals surface area contributed by atoms with Gasteiger partial charge in [-0.3, -0.25) is 9.54 Å². The van der Waals surface area contributed by atoms with E-state index in [1.54, 1.807) is 6.07 Å². The molecule has 8 heteroatoms. The predicted molar refractivity (Wildman–Crippen MR) is 116 cm³/mol. The van der Waals surface area contributed by atoms with Crippen molar-refractivity contribution in [3.05, 3.63) is 64.5 Å². The van der Waals surface area contributed by atoms with Gasteiger partial charge in [-0.1, -0.05) is 17.7 Å². The number of aromatic nitrogens is 1. The molecule has 29 heavy (non-hydrogen) atoms. The summed E-state index contributed by atoms with van der Waals surface area (Å²) in [4.78, 5) is 6.80. The number of hydrogen-bond donors (Lipinski definition) is 2. The van der Waals surface area contributed by atoms with Crippen molar-refractivity contribution >= 4 is 33.0 Å². The number of thiocarbonyl (C=S) groups is 1. The Bertz CT molecular complexity index is 1100. The molecule has 6 nitrogen and oxygen atoms in total. The number of nitrogens with zero attached hydrogens (tertiary/aromatic N) is 2. The molecule has 152 valence electrons. The summed E-state index contributed by atoms with van der Waals surface area (Å²) in [6, 6.07) is 8.92. The van der Waals surface area contributed by atoms with Gasteiger partial charge in [-0.15, -0.1) is 0 Å². The molecule has 2 aromatic rings. The molecule has 0 unspecified atom stereocenters. The van der Waals surface area contributed by atoms with Gasteiger partial charge in [0.1, 0.15) is 0 Å². The van der Waals surface area contributed by atoms with Crippen molar-refractivity contribution in [3.8, 4) is 0 Å². The molecule has 1 saturated heterocycles. The van der Waals surface area contributed by atoms with Crippen molar-refractivity contribution in [2.75, 3.05) is 20.1 Å². The van der Waals surface area contributed by atoms with Crippen molar-refractivity contribution < 1.29 is 13.0 Å². The minimum Gasteiger partial charge on any atom is -0.366 e. The van der Waals surface area contributed by atoms with Gasteiger partial charge in [0.15, 0.2) is 5.11 Å². The van der Waals surface area contributed by atoms with E-state index in [0.717, 1.165) is 65.4 Å². The van der Waals surface area contributed by atoms with Gasteiger partial charge < -0.3 is 10.2 Å². The first kappa shape index (κ1) is 20.0. The Morgan fingerprint density at radius 3 is 2.55 bits per heavy atom. The summed E-state index contributed by atoms with van der Waals surface area (Å²) >= 11 is 5.37. The fourth-order valence-corrected chi connectivity index (χ4v) is 4.90. The Balaban J connectivity index is 1.84. The van der Waals surface area contributed by atoms with Crippen LogP contribution in [-0.4, -0.2) is 48.1 Å². The van der Waals surface area contributed by atoms with Crippen LogP contribution < -0.4 is 5.32 Å². The number of nitrogens with one attached hydrogen (secondary N) is 1. The van der Waals surface area contributed by atoms with Crippen LogP contribution >= 0.6 is 12.2 Å². The smallest absolute Gasteiger partial charge is 0.294 e. The number of aryl methyl sites for hydroxylation is 2. The highest BCUT2D eigenvalue weighted by Gasteiger charge is 2.26. The molecular weight excluding hydrogens is 406 g/mol. The highest BCUT2D eigenvalue weighted by molar-refractivity contribution is 7.85. The van der Waals surface area contributed by atoms with Crippen LogP contribution in [0.5, 0.6) is 0 Å². The number of piperidine rings is 1. The average Bonchev–Trinajstić information content (AvgIpc) is 2.89. The molecule has 0 saturated carbocycles. The maximum Gasteiger partial charge on any atom is 0.294 e. The lowest BCUT2D eigenvalue weighted by molar-refractivity contribution is 0.385. The summed E-state index contributed by atoms with van der Waals surface area (Å²) in [7, 11) is -2.40. The average molecular weight is 430 g/mol. The van der Waals surface area contributed by atoms with E-state index in [4.69, 9.17) is 17.2 Å². The van der Waals surface area contributed by atoms with Crippen molar-refractivity contribution in [3.63, 3.8) is 0 Å². The molecule has 0 atom stereocenters. The van der Waals surface area contributed by atoms with Crippen molar-refractivity contribution in [1.29, 1.82) is 0 Å². The van der Waals surface area contributed by atoms with Crippen molar-refractivity contribution in [2.45, 2.75) is 30.6 Å². The van der Waals surface area contributed by atoms with E-state index in [1.165, 1.54) is 11.6 Å². The quantitative estimate of drug-likeness (QED) is 0.533. The molecule has 2 heterocycles. The Hall–Kier alpha value is -2.29. The SMILES string of the molecule is CNC(=S)N1CCC(=C2c3ccc(S(=O)(=O)O)cc3CCc3cccnc32)CC1. The van der Waals surface area contributed by atoms with E-state index in [-0.39, 0.29) is 4.90 Å². The van der Waals surface area contributed by atoms with Crippen LogP contribution in [0.3, 0.4) is 0 Å². The highest BCUT2D eigenvalue weighted by atomic mass is 32.2. The predicted octanol–water partition coefficient (Wildman–Crippen LogP) is 2.83. The van der Waals surface area contributed by atoms with Crippen LogP contribution in [0.2, 0.25) is 0 Å². The van der Waals surface area contributed by atoms with Crippen molar-refractivity contribution in [1.82, 2.24) is 15.2 Å². The first-order valence-corrected chi connectivity index (χ1v) is 11.5. The fraction of sp³-hybridized carbons (Fsp3) is 0.333. The number of benzene rings is 1. The third-order valence-corrected chi connectivity index (χ3v) is 6.97. The highest BCUT2D eigenvalue weighted by Crippen LogP contribution is 2.38. The molecule has 1 aromatic carbocycles. The van der Waals surface area contributed by atoms with Crippen LogP contribution in [0.25, 0.3) is 5.57 Å². The number of rotatable bonds is 1. The van der Waals surface area contributed by atoms with Crippen LogP contribution in [0.15, 0.2) is 47.0 Å². The molecule has 1 aromatic heterocycles. The summed E-state index contributed by atoms with van der Waals surface area (Å²) in [6.07, 6.45) is 5.02. The number of pyridine rings is 1. The van der Waals surface area contributed by atoms with Gasteiger partial charge in [-0.25, -0.2) is 0 Å². The van der Waals surface area contributed by atoms with Crippen LogP contribution in [0, 0.1) is 0 Å². The maximum absolute atomic E-state index is 11.6. The van der Waals surface area contributed by atoms with Crippen molar-refractivity contribution in [2.24, 2.45) is 0 Å². The molecule has 0 bridgehead atoms. The summed E-state index contributed by atoms with van der Waals surface area (Å²) in [6.45, 7) is 1.66. The largest absolute Gasteiger partial charge is 0.366 e. The molecule has 0 radical (unpaired) electrons. The molecule has 1 aliphatic carbocycles. The van der Waals surface area contributed by atoms with Crippen LogP contribution in [-0.2, 0) is 23.0 Å². The van der Waals surface area contributed by atoms with E-state index in [0.29, 0.717) is 6.42 Å². The van der Waals surface area contributed by atoms with Crippen LogP contribution in [0.1, 0.15) is 35.2 Å². The lowest BCUT2D eigenvalue weighted by Crippen LogP contribution is -2.41. The van der Waals surface area contributed by atoms with E-state index in [9.17, 15) is 13.0 Å². The van der Waals surface area contributed by atoms with Gasteiger partial charge in [0.05, 0.1) is 10.6 Å². The topological polar surface area (TPSA) is 82.5 Å². The zero-order valence-corrected chi connectivity index (χ0v) is 17.8. The Morgan fingerprint density at radius 2 is 1.86 bits per heavy atom. The lowest BCUT2D eigenvalue weighted by Gasteiger charge is -2.31. The Labute approximate surface area is 176 Å². The summed E-state index contributed by atoms with van der Waals surface area (Å²) < 4.78 is 32.8. The number of likely N-dealkylation sites (tertiary alicyclic amines) is 1. The second-order valence-corrected chi connectivity index (χ2v) is 9.13. The molecule has 2 aliphatic rings. The third-order valence-electron chi connectivity index (χ3n) is 5.66. The Morgan fingerprint density at radius 1 is 1.14 bits per heavy atom. The molecule has 1 fully saturated rings. The monoisotopic (exact) mass is 429 g/mol. The summed E-state index contributed by atoms with van der Waals surface area (Å²) in [5.41, 5.74) is 6.48. The Kier molecular flexibility index (Phi) is 5.42. The number of fused-ring (bicyclic) bond motifs is 2. The van der Waals surface area contributed by atoms with E-state index in [1.807, 2.05) is 25.4 Å². The zero-order chi connectivity index (χ0) is 20.6. The lowest BCUT2D eigenvalue weighted by atomic mass is 9.88. The molecule has 2 N–H and O–H groups in total. The van der Waals surface area contributed by atoms with E-state index in [2.05, 4.69) is 16.3 Å². The third kappa shape index (κ3) is 3.92. The first-order valence-electron chi connectivity index (χ1n) is 9.62. The summed E-state index contributed by atoms with van der Waals surface area (Å²) in [5.74, 6) is 0. The normalized spacial score (nSPS) is 16.7. The van der Waals surface area contributed by atoms with Gasteiger partial charge in [0.2, 0.25) is 0 Å². The van der Waals surface area contributed by atoms with Gasteiger partial charge in [0.25, 0.3) is 10.1 Å². The first-order chi connectivity index (χ1) is 13.9. The number of hydrogen-bond acceptors (Lipinski definition) is 4. The molecule has 4 rings (SSSR count). The van der Waals surface area contributed by atoms with Gasteiger partial charge in [-0.2, -0.15) is 8.42 Å². The van der Waals surface area contributed by atoms with Crippen LogP contribution in [0.4, 0.5) is 0 Å². The molecule has 0 amide bonds. The van der Waals surface area contributed by atoms with Gasteiger partial charge in [-0.05, 0) is 72.8 Å². The van der Waals surface area contributed by atoms with E-state index < -0.39 is 10.1 Å². The minimum atomic E-state index is -4.24. The standard InChI is InChI=1S/C21H23N3O3S2/c1-22-21(28)24-11-8-14(9-12-24)19-18-7-6-17(29(25,26)27)13-16(18)5-4-15-3-2-10-23-20(15)19/h2-3,6-7,10,13H,4-5,8-9,11-12H2,1H3,(H,22,28)(H,25,26,27). The van der Waals surface area contributed by atoms with E-state index >= 15 is 0 Å². The molecule has 1 aliphatic heterocycles. The fourth-order valence-electron chi connectivity index (χ4n) is 4.19. The summed E-state index contributed by atoms with van der Waals surface area (Å²) in [5, 5.41) is 3.80. The molecule has 0 spiro atoms.